The predicted octanol–water partition coefficient (Wildman–Crippen LogP) is 0.729. The maximum Gasteiger partial charge on any atom is 0.315 e. The number of aromatic nitrogens is 1. The smallest absolute Gasteiger partial charge is 0.315 e. The maximum absolute atomic E-state index is 11.5. The van der Waals surface area contributed by atoms with Crippen LogP contribution < -0.4 is 10.6 Å². The second-order valence-corrected chi connectivity index (χ2v) is 4.47. The zero-order valence-corrected chi connectivity index (χ0v) is 9.81. The van der Waals surface area contributed by atoms with Gasteiger partial charge < -0.3 is 20.3 Å². The molecule has 7 nitrogen and oxygen atoms in total. The quantitative estimate of drug-likeness (QED) is 0.717. The molecule has 0 atom stereocenters. The number of carbonyl (C=O) groups excluding carboxylic acids is 1. The van der Waals surface area contributed by atoms with Gasteiger partial charge in [0.25, 0.3) is 0 Å². The average Bonchev–Trinajstić information content (AvgIpc) is 2.77. The molecule has 2 amide bonds. The fourth-order valence-electron chi connectivity index (χ4n) is 1.88. The number of nitrogens with one attached hydrogen (secondary N) is 2. The number of rotatable bonds is 5. The van der Waals surface area contributed by atoms with E-state index >= 15 is 0 Å². The van der Waals surface area contributed by atoms with Crippen LogP contribution in [0.15, 0.2) is 16.9 Å². The Morgan fingerprint density at radius 3 is 2.72 bits per heavy atom. The first-order valence-corrected chi connectivity index (χ1v) is 5.77. The second kappa shape index (κ2) is 5.07. The molecule has 1 heterocycles. The Labute approximate surface area is 104 Å². The number of carbonyl (C=O) groups is 2. The molecule has 2 rings (SSSR count). The van der Waals surface area contributed by atoms with Gasteiger partial charge in [0.05, 0.1) is 12.0 Å². The van der Waals surface area contributed by atoms with Crippen molar-refractivity contribution in [1.29, 1.82) is 0 Å². The Bertz CT molecular complexity index is 426. The van der Waals surface area contributed by atoms with E-state index < -0.39 is 17.4 Å². The van der Waals surface area contributed by atoms with Gasteiger partial charge in [0.15, 0.2) is 0 Å². The third kappa shape index (κ3) is 2.61. The molecule has 0 aliphatic heterocycles. The first kappa shape index (κ1) is 12.4. The average molecular weight is 253 g/mol. The molecule has 1 aromatic rings. The summed E-state index contributed by atoms with van der Waals surface area (Å²) in [5.41, 5.74) is -0.160. The van der Waals surface area contributed by atoms with Crippen molar-refractivity contribution < 1.29 is 19.2 Å². The van der Waals surface area contributed by atoms with E-state index in [0.29, 0.717) is 18.5 Å². The summed E-state index contributed by atoms with van der Waals surface area (Å²) in [5.74, 6) is -0.842. The minimum atomic E-state index is -0.842. The molecule has 0 bridgehead atoms. The number of amides is 2. The van der Waals surface area contributed by atoms with E-state index in [9.17, 15) is 9.59 Å². The van der Waals surface area contributed by atoms with Crippen molar-refractivity contribution in [3.05, 3.63) is 18.0 Å². The highest BCUT2D eigenvalue weighted by atomic mass is 16.5. The molecule has 1 saturated carbocycles. The van der Waals surface area contributed by atoms with Crippen LogP contribution in [0.1, 0.15) is 25.0 Å². The predicted molar refractivity (Wildman–Crippen MR) is 60.7 cm³/mol. The molecular formula is C11H15N3O4. The highest BCUT2D eigenvalue weighted by Crippen LogP contribution is 2.40. The van der Waals surface area contributed by atoms with Gasteiger partial charge in [-0.15, -0.1) is 0 Å². The normalized spacial score (nSPS) is 16.7. The molecule has 18 heavy (non-hydrogen) atoms. The molecule has 0 radical (unpaired) electrons. The van der Waals surface area contributed by atoms with Crippen molar-refractivity contribution in [3.8, 4) is 0 Å². The number of hydrogen-bond donors (Lipinski definition) is 3. The van der Waals surface area contributed by atoms with Crippen molar-refractivity contribution in [2.45, 2.75) is 25.8 Å². The number of urea groups is 1. The number of nitrogens with zero attached hydrogens (tertiary/aromatic N) is 1. The van der Waals surface area contributed by atoms with Crippen LogP contribution in [0.4, 0.5) is 4.79 Å². The summed E-state index contributed by atoms with van der Waals surface area (Å²) in [5, 5.41) is 17.9. The molecule has 1 aliphatic rings. The van der Waals surface area contributed by atoms with Crippen LogP contribution in [0.25, 0.3) is 0 Å². The van der Waals surface area contributed by atoms with Crippen molar-refractivity contribution in [1.82, 2.24) is 15.8 Å². The summed E-state index contributed by atoms with van der Waals surface area (Å²) in [4.78, 5) is 22.5. The monoisotopic (exact) mass is 253 g/mol. The van der Waals surface area contributed by atoms with Gasteiger partial charge in [-0.3, -0.25) is 4.79 Å². The molecule has 0 aromatic carbocycles. The molecule has 1 aliphatic carbocycles. The van der Waals surface area contributed by atoms with Crippen LogP contribution in [0.5, 0.6) is 0 Å². The van der Waals surface area contributed by atoms with E-state index in [-0.39, 0.29) is 13.1 Å². The first-order chi connectivity index (χ1) is 8.62. The van der Waals surface area contributed by atoms with Crippen molar-refractivity contribution >= 4 is 12.0 Å². The van der Waals surface area contributed by atoms with Crippen LogP contribution in [-0.4, -0.2) is 28.8 Å². The van der Waals surface area contributed by atoms with Gasteiger partial charge in [0.1, 0.15) is 12.0 Å². The lowest BCUT2D eigenvalue weighted by Crippen LogP contribution is -2.49. The van der Waals surface area contributed by atoms with Gasteiger partial charge in [0, 0.05) is 12.6 Å². The van der Waals surface area contributed by atoms with Crippen LogP contribution in [0.3, 0.4) is 0 Å². The summed E-state index contributed by atoms with van der Waals surface area (Å²) < 4.78 is 4.62. The van der Waals surface area contributed by atoms with Gasteiger partial charge in [-0.2, -0.15) is 0 Å². The number of aliphatic carboxylic acids is 1. The third-order valence-electron chi connectivity index (χ3n) is 3.27. The summed E-state index contributed by atoms with van der Waals surface area (Å²) >= 11 is 0. The van der Waals surface area contributed by atoms with Crippen LogP contribution >= 0.6 is 0 Å². The van der Waals surface area contributed by atoms with Crippen molar-refractivity contribution in [3.63, 3.8) is 0 Å². The molecule has 0 saturated heterocycles. The number of carboxylic acid groups (broad SMARTS) is 1. The molecule has 7 heteroatoms. The van der Waals surface area contributed by atoms with Gasteiger partial charge in [0.2, 0.25) is 0 Å². The number of carboxylic acids is 1. The zero-order chi connectivity index (χ0) is 13.0. The fourth-order valence-corrected chi connectivity index (χ4v) is 1.88. The highest BCUT2D eigenvalue weighted by molar-refractivity contribution is 5.78. The highest BCUT2D eigenvalue weighted by Gasteiger charge is 2.44. The molecule has 0 spiro atoms. The van der Waals surface area contributed by atoms with E-state index in [1.807, 2.05) is 0 Å². The van der Waals surface area contributed by atoms with E-state index in [4.69, 9.17) is 5.11 Å². The van der Waals surface area contributed by atoms with Gasteiger partial charge in [-0.05, 0) is 12.8 Å². The number of hydrogen-bond acceptors (Lipinski definition) is 4. The Balaban J connectivity index is 1.73. The Hall–Kier alpha value is -2.05. The van der Waals surface area contributed by atoms with Gasteiger partial charge >= 0.3 is 12.0 Å². The largest absolute Gasteiger partial charge is 0.481 e. The van der Waals surface area contributed by atoms with Crippen LogP contribution in [0, 0.1) is 5.41 Å². The minimum Gasteiger partial charge on any atom is -0.481 e. The molecule has 3 N–H and O–H groups in total. The van der Waals surface area contributed by atoms with Gasteiger partial charge in [-0.1, -0.05) is 11.6 Å². The Morgan fingerprint density at radius 1 is 1.44 bits per heavy atom. The van der Waals surface area contributed by atoms with E-state index in [0.717, 1.165) is 6.42 Å². The zero-order valence-electron chi connectivity index (χ0n) is 9.81. The summed E-state index contributed by atoms with van der Waals surface area (Å²) in [6.45, 7) is 0.412. The topological polar surface area (TPSA) is 104 Å². The van der Waals surface area contributed by atoms with Crippen molar-refractivity contribution in [2.24, 2.45) is 5.41 Å². The standard InChI is InChI=1S/C11H15N3O4/c15-9(16)11(3-1-4-11)7-13-10(17)12-6-8-2-5-18-14-8/h2,5H,1,3-4,6-7H2,(H,15,16)(H2,12,13,17). The van der Waals surface area contributed by atoms with Gasteiger partial charge in [-0.25, -0.2) is 4.79 Å². The lowest BCUT2D eigenvalue weighted by molar-refractivity contribution is -0.153. The molecule has 0 unspecified atom stereocenters. The summed E-state index contributed by atoms with van der Waals surface area (Å²) in [6.07, 6.45) is 3.55. The second-order valence-electron chi connectivity index (χ2n) is 4.47. The summed E-state index contributed by atoms with van der Waals surface area (Å²) in [7, 11) is 0. The maximum atomic E-state index is 11.5. The van der Waals surface area contributed by atoms with Crippen LogP contribution in [0.2, 0.25) is 0 Å². The molecular weight excluding hydrogens is 238 g/mol. The minimum absolute atomic E-state index is 0.160. The SMILES string of the molecule is O=C(NCc1ccon1)NCC1(C(=O)O)CCC1. The Kier molecular flexibility index (Phi) is 3.50. The molecule has 1 fully saturated rings. The third-order valence-corrected chi connectivity index (χ3v) is 3.27. The lowest BCUT2D eigenvalue weighted by atomic mass is 9.69. The molecule has 98 valence electrons. The van der Waals surface area contributed by atoms with E-state index in [2.05, 4.69) is 20.3 Å². The van der Waals surface area contributed by atoms with E-state index in [1.165, 1.54) is 6.26 Å². The lowest BCUT2D eigenvalue weighted by Gasteiger charge is -2.37. The Morgan fingerprint density at radius 2 is 2.22 bits per heavy atom. The van der Waals surface area contributed by atoms with Crippen LogP contribution in [-0.2, 0) is 11.3 Å². The van der Waals surface area contributed by atoms with Crippen molar-refractivity contribution in [2.75, 3.05) is 6.54 Å². The first-order valence-electron chi connectivity index (χ1n) is 5.77. The van der Waals surface area contributed by atoms with E-state index in [1.54, 1.807) is 6.07 Å². The summed E-state index contributed by atoms with van der Waals surface area (Å²) in [6, 6.07) is 1.25. The molecule has 1 aromatic heterocycles. The fraction of sp³-hybridized carbons (Fsp3) is 0.545.